The molecule has 1 rings (SSSR count). The normalized spacial score (nSPS) is 19.4. The maximum atomic E-state index is 10.6. The molecule has 0 aliphatic heterocycles. The van der Waals surface area contributed by atoms with Crippen molar-refractivity contribution in [2.24, 2.45) is 4.99 Å². The number of rotatable bonds is 3. The van der Waals surface area contributed by atoms with Crippen molar-refractivity contribution in [2.45, 2.75) is 13.0 Å². The molecule has 0 amide bonds. The molecule has 1 atom stereocenters. The lowest BCUT2D eigenvalue weighted by Gasteiger charge is -2.14. The van der Waals surface area contributed by atoms with Crippen molar-refractivity contribution in [1.82, 2.24) is 0 Å². The van der Waals surface area contributed by atoms with Crippen LogP contribution in [-0.4, -0.2) is 24.7 Å². The SMILES string of the molecule is CCOC1=CC=CC(N=C=O)C1=C=O. The summed E-state index contributed by atoms with van der Waals surface area (Å²) in [5.41, 5.74) is 0.234. The van der Waals surface area contributed by atoms with Crippen molar-refractivity contribution in [2.75, 3.05) is 6.61 Å². The first-order chi connectivity index (χ1) is 6.83. The van der Waals surface area contributed by atoms with Gasteiger partial charge in [-0.05, 0) is 13.0 Å². The summed E-state index contributed by atoms with van der Waals surface area (Å²) in [6.07, 6.45) is 6.33. The first-order valence-electron chi connectivity index (χ1n) is 4.17. The van der Waals surface area contributed by atoms with Gasteiger partial charge in [0.05, 0.1) is 6.61 Å². The molecule has 0 heterocycles. The lowest BCUT2D eigenvalue weighted by molar-refractivity contribution is 0.235. The third kappa shape index (κ3) is 2.07. The predicted molar refractivity (Wildman–Crippen MR) is 50.0 cm³/mol. The maximum absolute atomic E-state index is 10.6. The number of aliphatic imine (C=N–C) groups is 1. The molecule has 0 saturated heterocycles. The number of isocyanates is 1. The number of ether oxygens (including phenoxy) is 1. The van der Waals surface area contributed by atoms with Crippen LogP contribution in [0, 0.1) is 0 Å². The fourth-order valence-corrected chi connectivity index (χ4v) is 1.14. The molecule has 1 aliphatic carbocycles. The van der Waals surface area contributed by atoms with Gasteiger partial charge in [0, 0.05) is 0 Å². The Morgan fingerprint density at radius 2 is 2.36 bits per heavy atom. The van der Waals surface area contributed by atoms with Crippen molar-refractivity contribution in [3.63, 3.8) is 0 Å². The number of allylic oxidation sites excluding steroid dienone is 2. The minimum atomic E-state index is -0.614. The van der Waals surface area contributed by atoms with E-state index in [0.29, 0.717) is 12.4 Å². The van der Waals surface area contributed by atoms with E-state index in [1.54, 1.807) is 31.1 Å². The molecule has 0 aromatic heterocycles. The zero-order chi connectivity index (χ0) is 10.4. The highest BCUT2D eigenvalue weighted by Crippen LogP contribution is 2.20. The number of hydrogen-bond acceptors (Lipinski definition) is 4. The molecule has 0 aromatic carbocycles. The molecule has 14 heavy (non-hydrogen) atoms. The van der Waals surface area contributed by atoms with Crippen LogP contribution in [0.1, 0.15) is 6.92 Å². The molecule has 0 bridgehead atoms. The summed E-state index contributed by atoms with van der Waals surface area (Å²) in [4.78, 5) is 24.1. The second-order valence-corrected chi connectivity index (χ2v) is 2.53. The van der Waals surface area contributed by atoms with Gasteiger partial charge >= 0.3 is 0 Å². The number of carbonyl (C=O) groups excluding carboxylic acids is 2. The quantitative estimate of drug-likeness (QED) is 0.379. The smallest absolute Gasteiger partial charge is 0.235 e. The average Bonchev–Trinajstić information content (AvgIpc) is 2.19. The summed E-state index contributed by atoms with van der Waals surface area (Å²) < 4.78 is 5.18. The van der Waals surface area contributed by atoms with E-state index in [4.69, 9.17) is 4.74 Å². The molecule has 0 spiro atoms. The summed E-state index contributed by atoms with van der Waals surface area (Å²) in [7, 11) is 0. The molecule has 0 N–H and O–H groups in total. The van der Waals surface area contributed by atoms with E-state index in [0.717, 1.165) is 0 Å². The van der Waals surface area contributed by atoms with Crippen molar-refractivity contribution >= 4 is 12.0 Å². The molecule has 72 valence electrons. The number of nitrogens with zero attached hydrogens (tertiary/aromatic N) is 1. The molecule has 0 saturated carbocycles. The Hall–Kier alpha value is -1.89. The highest BCUT2D eigenvalue weighted by Gasteiger charge is 2.19. The largest absolute Gasteiger partial charge is 0.493 e. The molecule has 0 radical (unpaired) electrons. The predicted octanol–water partition coefficient (Wildman–Crippen LogP) is 0.939. The van der Waals surface area contributed by atoms with Gasteiger partial charge in [-0.2, -0.15) is 4.99 Å². The van der Waals surface area contributed by atoms with Crippen molar-refractivity contribution in [1.29, 1.82) is 0 Å². The minimum absolute atomic E-state index is 0.234. The monoisotopic (exact) mass is 191 g/mol. The number of hydrogen-bond donors (Lipinski definition) is 0. The van der Waals surface area contributed by atoms with E-state index in [9.17, 15) is 9.59 Å². The average molecular weight is 191 g/mol. The summed E-state index contributed by atoms with van der Waals surface area (Å²) in [6, 6.07) is -0.614. The van der Waals surface area contributed by atoms with Gasteiger partial charge in [0.2, 0.25) is 6.08 Å². The summed E-state index contributed by atoms with van der Waals surface area (Å²) >= 11 is 0. The van der Waals surface area contributed by atoms with Crippen LogP contribution < -0.4 is 0 Å². The third-order valence-corrected chi connectivity index (χ3v) is 1.70. The van der Waals surface area contributed by atoms with Crippen LogP contribution in [0.2, 0.25) is 0 Å². The zero-order valence-electron chi connectivity index (χ0n) is 7.69. The second-order valence-electron chi connectivity index (χ2n) is 2.53. The Kier molecular flexibility index (Phi) is 3.62. The van der Waals surface area contributed by atoms with Crippen LogP contribution in [0.15, 0.2) is 34.6 Å². The third-order valence-electron chi connectivity index (χ3n) is 1.70. The standard InChI is InChI=1S/C10H9NO3/c1-2-14-10-5-3-4-9(11-7-13)8(10)6-12/h3-5,9H,2H2,1H3. The summed E-state index contributed by atoms with van der Waals surface area (Å²) in [6.45, 7) is 2.25. The van der Waals surface area contributed by atoms with E-state index >= 15 is 0 Å². The van der Waals surface area contributed by atoms with E-state index in [1.807, 2.05) is 0 Å². The molecule has 4 heteroatoms. The Morgan fingerprint density at radius 1 is 1.57 bits per heavy atom. The van der Waals surface area contributed by atoms with Gasteiger partial charge in [-0.3, -0.25) is 0 Å². The molecule has 0 fully saturated rings. The highest BCUT2D eigenvalue weighted by atomic mass is 16.5. The van der Waals surface area contributed by atoms with Gasteiger partial charge in [0.15, 0.2) is 0 Å². The van der Waals surface area contributed by atoms with Gasteiger partial charge in [0.1, 0.15) is 23.3 Å². The highest BCUT2D eigenvalue weighted by molar-refractivity contribution is 5.65. The Bertz CT molecular complexity index is 369. The van der Waals surface area contributed by atoms with E-state index in [2.05, 4.69) is 4.99 Å². The van der Waals surface area contributed by atoms with Gasteiger partial charge in [-0.25, -0.2) is 9.59 Å². The molecule has 4 nitrogen and oxygen atoms in total. The fourth-order valence-electron chi connectivity index (χ4n) is 1.14. The lowest BCUT2D eigenvalue weighted by atomic mass is 10.0. The first-order valence-corrected chi connectivity index (χ1v) is 4.17. The Morgan fingerprint density at radius 3 is 2.93 bits per heavy atom. The van der Waals surface area contributed by atoms with E-state index in [1.165, 1.54) is 6.08 Å². The van der Waals surface area contributed by atoms with Crippen LogP contribution in [0.5, 0.6) is 0 Å². The Balaban J connectivity index is 2.99. The molecular formula is C10H9NO3. The van der Waals surface area contributed by atoms with Crippen LogP contribution in [0.4, 0.5) is 0 Å². The second kappa shape index (κ2) is 4.97. The van der Waals surface area contributed by atoms with Crippen molar-refractivity contribution in [3.05, 3.63) is 29.6 Å². The van der Waals surface area contributed by atoms with Crippen molar-refractivity contribution < 1.29 is 14.3 Å². The van der Waals surface area contributed by atoms with Crippen molar-refractivity contribution in [3.8, 4) is 0 Å². The topological polar surface area (TPSA) is 55.7 Å². The van der Waals surface area contributed by atoms with Crippen LogP contribution >= 0.6 is 0 Å². The molecule has 0 aromatic rings. The zero-order valence-corrected chi connectivity index (χ0v) is 7.69. The van der Waals surface area contributed by atoms with E-state index in [-0.39, 0.29) is 5.57 Å². The molecule has 1 unspecified atom stereocenters. The Labute approximate surface area is 81.3 Å². The van der Waals surface area contributed by atoms with Gasteiger partial charge in [0.25, 0.3) is 0 Å². The van der Waals surface area contributed by atoms with Gasteiger partial charge < -0.3 is 4.74 Å². The van der Waals surface area contributed by atoms with Gasteiger partial charge in [-0.1, -0.05) is 12.2 Å². The fraction of sp³-hybridized carbons (Fsp3) is 0.300. The van der Waals surface area contributed by atoms with E-state index < -0.39 is 6.04 Å². The van der Waals surface area contributed by atoms with Crippen LogP contribution in [0.3, 0.4) is 0 Å². The van der Waals surface area contributed by atoms with Crippen LogP contribution in [-0.2, 0) is 14.3 Å². The first kappa shape index (κ1) is 10.2. The van der Waals surface area contributed by atoms with Crippen LogP contribution in [0.25, 0.3) is 0 Å². The minimum Gasteiger partial charge on any atom is -0.493 e. The molecular weight excluding hydrogens is 182 g/mol. The summed E-state index contributed by atoms with van der Waals surface area (Å²) in [5.74, 6) is 2.13. The molecule has 1 aliphatic rings. The lowest BCUT2D eigenvalue weighted by Crippen LogP contribution is -2.13. The maximum Gasteiger partial charge on any atom is 0.235 e. The summed E-state index contributed by atoms with van der Waals surface area (Å²) in [5, 5.41) is 0. The van der Waals surface area contributed by atoms with Gasteiger partial charge in [-0.15, -0.1) is 0 Å².